The van der Waals surface area contributed by atoms with Crippen molar-refractivity contribution in [3.63, 3.8) is 0 Å². The lowest BCUT2D eigenvalue weighted by atomic mass is 10.1. The Morgan fingerprint density at radius 2 is 1.38 bits per heavy atom. The Labute approximate surface area is 187 Å². The Morgan fingerprint density at radius 3 is 1.94 bits per heavy atom. The van der Waals surface area contributed by atoms with Crippen LogP contribution in [0.1, 0.15) is 9.80 Å². The van der Waals surface area contributed by atoms with E-state index < -0.39 is 27.4 Å². The fourth-order valence-electron chi connectivity index (χ4n) is 2.99. The van der Waals surface area contributed by atoms with Crippen LogP contribution < -0.4 is 5.32 Å². The predicted octanol–water partition coefficient (Wildman–Crippen LogP) is 5.41. The average molecular weight is 471 g/mol. The van der Waals surface area contributed by atoms with Gasteiger partial charge < -0.3 is 5.32 Å². The van der Waals surface area contributed by atoms with E-state index in [1.165, 1.54) is 48.5 Å². The molecule has 162 valence electrons. The zero-order valence-electron chi connectivity index (χ0n) is 16.7. The minimum Gasteiger partial charge on any atom is -0.320 e. The van der Waals surface area contributed by atoms with Crippen molar-refractivity contribution in [3.05, 3.63) is 89.4 Å². The fraction of sp³-hybridized carbons (Fsp3) is 0.0435. The van der Waals surface area contributed by atoms with Gasteiger partial charge in [-0.1, -0.05) is 12.1 Å². The number of hydrogen-bond acceptors (Lipinski definition) is 5. The van der Waals surface area contributed by atoms with Crippen molar-refractivity contribution in [2.75, 3.05) is 11.6 Å². The molecule has 4 aromatic rings. The molecule has 0 radical (unpaired) electrons. The molecule has 1 aromatic heterocycles. The van der Waals surface area contributed by atoms with Crippen molar-refractivity contribution in [3.8, 4) is 21.7 Å². The Kier molecular flexibility index (Phi) is 5.86. The first-order valence-electron chi connectivity index (χ1n) is 9.35. The van der Waals surface area contributed by atoms with E-state index in [1.807, 2.05) is 0 Å². The van der Waals surface area contributed by atoms with Gasteiger partial charge >= 0.3 is 0 Å². The molecule has 0 aliphatic carbocycles. The molecule has 9 heteroatoms. The second-order valence-electron chi connectivity index (χ2n) is 6.96. The number of aromatic nitrogens is 1. The molecule has 0 unspecified atom stereocenters. The van der Waals surface area contributed by atoms with Gasteiger partial charge in [0.2, 0.25) is 0 Å². The number of hydrogen-bond donors (Lipinski definition) is 1. The van der Waals surface area contributed by atoms with Crippen molar-refractivity contribution in [1.29, 1.82) is 0 Å². The van der Waals surface area contributed by atoms with E-state index in [0.717, 1.165) is 17.6 Å². The van der Waals surface area contributed by atoms with Gasteiger partial charge in [0.15, 0.2) is 14.8 Å². The van der Waals surface area contributed by atoms with Crippen molar-refractivity contribution in [1.82, 2.24) is 4.98 Å². The number of amides is 1. The quantitative estimate of drug-likeness (QED) is 0.423. The van der Waals surface area contributed by atoms with Crippen LogP contribution in [0.4, 0.5) is 14.5 Å². The summed E-state index contributed by atoms with van der Waals surface area (Å²) in [5.74, 6) is -1.31. The van der Waals surface area contributed by atoms with Gasteiger partial charge in [-0.3, -0.25) is 4.79 Å². The number of nitrogens with one attached hydrogen (secondary N) is 1. The van der Waals surface area contributed by atoms with Crippen molar-refractivity contribution >= 4 is 32.8 Å². The smallest absolute Gasteiger partial charge is 0.284 e. The number of carbonyl (C=O) groups excluding carboxylic acids is 1. The lowest BCUT2D eigenvalue weighted by Gasteiger charge is -2.04. The van der Waals surface area contributed by atoms with Gasteiger partial charge in [-0.2, -0.15) is 0 Å². The van der Waals surface area contributed by atoms with Gasteiger partial charge in [-0.25, -0.2) is 22.2 Å². The second-order valence-corrected chi connectivity index (χ2v) is 9.98. The molecule has 0 saturated carbocycles. The molecular formula is C23H16F2N2O3S2. The lowest BCUT2D eigenvalue weighted by molar-refractivity contribution is 0.102. The third-order valence-electron chi connectivity index (χ3n) is 4.59. The first kappa shape index (κ1) is 21.8. The zero-order chi connectivity index (χ0) is 22.9. The average Bonchev–Trinajstić information content (AvgIpc) is 3.21. The standard InChI is InChI=1S/C23H16F2N2O3S2/c1-32(29,30)19-12-4-15(5-13-19)21-20(14-2-6-16(24)7-3-14)27-23(31-21)22(28)26-18-10-8-17(25)9-11-18/h2-13H,1H3,(H,26,28). The summed E-state index contributed by atoms with van der Waals surface area (Å²) in [6, 6.07) is 17.3. The Morgan fingerprint density at radius 1 is 0.844 bits per heavy atom. The summed E-state index contributed by atoms with van der Waals surface area (Å²) in [6.45, 7) is 0. The van der Waals surface area contributed by atoms with Gasteiger partial charge in [0, 0.05) is 17.5 Å². The van der Waals surface area contributed by atoms with Crippen LogP contribution in [0.2, 0.25) is 0 Å². The minimum absolute atomic E-state index is 0.149. The summed E-state index contributed by atoms with van der Waals surface area (Å²) in [4.78, 5) is 18.0. The second kappa shape index (κ2) is 8.60. The lowest BCUT2D eigenvalue weighted by Crippen LogP contribution is -2.11. The molecule has 0 bridgehead atoms. The Bertz CT molecular complexity index is 1380. The maximum Gasteiger partial charge on any atom is 0.284 e. The summed E-state index contributed by atoms with van der Waals surface area (Å²) in [5.41, 5.74) is 2.14. The van der Waals surface area contributed by atoms with Crippen LogP contribution in [-0.2, 0) is 9.84 Å². The molecule has 1 heterocycles. The molecule has 0 saturated heterocycles. The fourth-order valence-corrected chi connectivity index (χ4v) is 4.61. The molecule has 0 aliphatic rings. The normalized spacial score (nSPS) is 11.3. The number of rotatable bonds is 5. The molecule has 0 spiro atoms. The molecule has 0 atom stereocenters. The highest BCUT2D eigenvalue weighted by molar-refractivity contribution is 7.90. The highest BCUT2D eigenvalue weighted by Gasteiger charge is 2.20. The van der Waals surface area contributed by atoms with Crippen LogP contribution in [-0.4, -0.2) is 25.6 Å². The summed E-state index contributed by atoms with van der Waals surface area (Å²) >= 11 is 1.12. The zero-order valence-corrected chi connectivity index (χ0v) is 18.3. The topological polar surface area (TPSA) is 76.1 Å². The molecular weight excluding hydrogens is 454 g/mol. The number of benzene rings is 3. The first-order chi connectivity index (χ1) is 15.2. The minimum atomic E-state index is -3.36. The summed E-state index contributed by atoms with van der Waals surface area (Å²) in [5, 5.41) is 2.82. The van der Waals surface area contributed by atoms with Crippen LogP contribution in [0.5, 0.6) is 0 Å². The number of sulfone groups is 1. The first-order valence-corrected chi connectivity index (χ1v) is 12.1. The van der Waals surface area contributed by atoms with Crippen LogP contribution in [0, 0.1) is 11.6 Å². The van der Waals surface area contributed by atoms with Crippen LogP contribution in [0.15, 0.2) is 77.7 Å². The van der Waals surface area contributed by atoms with E-state index >= 15 is 0 Å². The Balaban J connectivity index is 1.75. The summed E-state index contributed by atoms with van der Waals surface area (Å²) < 4.78 is 50.1. The highest BCUT2D eigenvalue weighted by Crippen LogP contribution is 2.37. The van der Waals surface area contributed by atoms with Crippen LogP contribution in [0.3, 0.4) is 0 Å². The maximum atomic E-state index is 13.4. The van der Waals surface area contributed by atoms with Crippen molar-refractivity contribution in [2.45, 2.75) is 4.90 Å². The Hall–Kier alpha value is -3.43. The summed E-state index contributed by atoms with van der Waals surface area (Å²) in [7, 11) is -3.36. The molecule has 0 fully saturated rings. The third kappa shape index (κ3) is 4.74. The largest absolute Gasteiger partial charge is 0.320 e. The monoisotopic (exact) mass is 470 g/mol. The maximum absolute atomic E-state index is 13.4. The van der Waals surface area contributed by atoms with Gasteiger partial charge in [-0.05, 0) is 66.2 Å². The molecule has 1 N–H and O–H groups in total. The molecule has 4 rings (SSSR count). The molecule has 5 nitrogen and oxygen atoms in total. The van der Waals surface area contributed by atoms with Gasteiger partial charge in [0.1, 0.15) is 11.6 Å². The van der Waals surface area contributed by atoms with Crippen LogP contribution >= 0.6 is 11.3 Å². The molecule has 32 heavy (non-hydrogen) atoms. The van der Waals surface area contributed by atoms with Gasteiger partial charge in [0.05, 0.1) is 15.5 Å². The molecule has 1 amide bonds. The van der Waals surface area contributed by atoms with E-state index in [0.29, 0.717) is 27.4 Å². The number of carbonyl (C=O) groups is 1. The van der Waals surface area contributed by atoms with Gasteiger partial charge in [0.25, 0.3) is 5.91 Å². The van der Waals surface area contributed by atoms with Gasteiger partial charge in [-0.15, -0.1) is 11.3 Å². The third-order valence-corrected chi connectivity index (χ3v) is 6.82. The van der Waals surface area contributed by atoms with Crippen molar-refractivity contribution < 1.29 is 22.0 Å². The van der Waals surface area contributed by atoms with E-state index in [-0.39, 0.29) is 9.90 Å². The van der Waals surface area contributed by atoms with E-state index in [9.17, 15) is 22.0 Å². The highest BCUT2D eigenvalue weighted by atomic mass is 32.2. The van der Waals surface area contributed by atoms with E-state index in [1.54, 1.807) is 24.3 Å². The SMILES string of the molecule is CS(=O)(=O)c1ccc(-c2sc(C(=O)Nc3ccc(F)cc3)nc2-c2ccc(F)cc2)cc1. The van der Waals surface area contributed by atoms with E-state index in [4.69, 9.17) is 0 Å². The number of halogens is 2. The number of anilines is 1. The molecule has 3 aromatic carbocycles. The number of nitrogens with zero attached hydrogens (tertiary/aromatic N) is 1. The predicted molar refractivity (Wildman–Crippen MR) is 120 cm³/mol. The van der Waals surface area contributed by atoms with E-state index in [2.05, 4.69) is 10.3 Å². The summed E-state index contributed by atoms with van der Waals surface area (Å²) in [6.07, 6.45) is 1.12. The number of thiazole rings is 1. The molecule has 0 aliphatic heterocycles. The van der Waals surface area contributed by atoms with Crippen molar-refractivity contribution in [2.24, 2.45) is 0 Å². The van der Waals surface area contributed by atoms with Crippen LogP contribution in [0.25, 0.3) is 21.7 Å².